The summed E-state index contributed by atoms with van der Waals surface area (Å²) in [5, 5.41) is 9.19. The molecule has 2 aromatic rings. The summed E-state index contributed by atoms with van der Waals surface area (Å²) in [7, 11) is 0. The first-order valence-electron chi connectivity index (χ1n) is 6.24. The average Bonchev–Trinajstić information content (AvgIpc) is 2.41. The normalized spacial score (nSPS) is 18.2. The Morgan fingerprint density at radius 1 is 1.00 bits per heavy atom. The highest BCUT2D eigenvalue weighted by Crippen LogP contribution is 2.37. The number of hydrogen-bond acceptors (Lipinski definition) is 1. The molecule has 0 saturated carbocycles. The first kappa shape index (κ1) is 12.7. The van der Waals surface area contributed by atoms with E-state index in [4.69, 9.17) is 28.6 Å². The lowest BCUT2D eigenvalue weighted by molar-refractivity contribution is 0.802. The zero-order chi connectivity index (χ0) is 13.4. The van der Waals surface area contributed by atoms with E-state index in [1.54, 1.807) is 0 Å². The Labute approximate surface area is 122 Å². The van der Waals surface area contributed by atoms with Gasteiger partial charge in [0.15, 0.2) is 0 Å². The van der Waals surface area contributed by atoms with E-state index in [1.807, 2.05) is 24.3 Å². The van der Waals surface area contributed by atoms with E-state index in [0.717, 1.165) is 24.1 Å². The Bertz CT molecular complexity index is 649. The van der Waals surface area contributed by atoms with E-state index in [0.29, 0.717) is 10.0 Å². The molecule has 1 N–H and O–H groups in total. The van der Waals surface area contributed by atoms with Crippen molar-refractivity contribution in [1.82, 2.24) is 0 Å². The maximum atomic E-state index is 8.04. The van der Waals surface area contributed by atoms with Crippen molar-refractivity contribution in [2.24, 2.45) is 0 Å². The van der Waals surface area contributed by atoms with Crippen LogP contribution in [0, 0.1) is 5.41 Å². The maximum absolute atomic E-state index is 8.04. The lowest BCUT2D eigenvalue weighted by Crippen LogP contribution is -2.18. The van der Waals surface area contributed by atoms with Crippen molar-refractivity contribution in [1.29, 1.82) is 5.41 Å². The summed E-state index contributed by atoms with van der Waals surface area (Å²) in [6.45, 7) is 0. The standard InChI is InChI=1S/C16H13Cl2N/c17-15-6-5-11(8-16(15)18)14-9-12(19)7-10-3-1-2-4-13(10)14/h1-6,8,14,19H,7,9H2. The van der Waals surface area contributed by atoms with Crippen molar-refractivity contribution in [3.05, 3.63) is 69.2 Å². The molecule has 0 radical (unpaired) electrons. The Kier molecular flexibility index (Phi) is 3.34. The van der Waals surface area contributed by atoms with Gasteiger partial charge in [-0.25, -0.2) is 0 Å². The summed E-state index contributed by atoms with van der Waals surface area (Å²) in [4.78, 5) is 0. The van der Waals surface area contributed by atoms with Crippen LogP contribution < -0.4 is 0 Å². The van der Waals surface area contributed by atoms with Gasteiger partial charge in [-0.1, -0.05) is 53.5 Å². The van der Waals surface area contributed by atoms with Crippen LogP contribution in [0.2, 0.25) is 10.0 Å². The van der Waals surface area contributed by atoms with Crippen LogP contribution in [0.25, 0.3) is 0 Å². The highest BCUT2D eigenvalue weighted by molar-refractivity contribution is 6.42. The third-order valence-electron chi connectivity index (χ3n) is 3.63. The second kappa shape index (κ2) is 4.99. The third-order valence-corrected chi connectivity index (χ3v) is 4.37. The minimum absolute atomic E-state index is 0.215. The van der Waals surface area contributed by atoms with Crippen LogP contribution in [0.1, 0.15) is 29.0 Å². The fourth-order valence-electron chi connectivity index (χ4n) is 2.72. The Morgan fingerprint density at radius 3 is 2.58 bits per heavy atom. The van der Waals surface area contributed by atoms with Gasteiger partial charge in [0.05, 0.1) is 10.0 Å². The van der Waals surface area contributed by atoms with Gasteiger partial charge in [-0.2, -0.15) is 0 Å². The van der Waals surface area contributed by atoms with Crippen LogP contribution in [0.3, 0.4) is 0 Å². The molecule has 2 aromatic carbocycles. The van der Waals surface area contributed by atoms with Gasteiger partial charge in [0.1, 0.15) is 0 Å². The van der Waals surface area contributed by atoms with Gasteiger partial charge in [-0.05, 0) is 35.2 Å². The molecule has 3 heteroatoms. The van der Waals surface area contributed by atoms with Crippen LogP contribution in [0.4, 0.5) is 0 Å². The smallest absolute Gasteiger partial charge is 0.0595 e. The number of benzene rings is 2. The largest absolute Gasteiger partial charge is 0.309 e. The third kappa shape index (κ3) is 2.41. The molecule has 0 fully saturated rings. The van der Waals surface area contributed by atoms with E-state index in [-0.39, 0.29) is 5.92 Å². The Balaban J connectivity index is 2.09. The molecule has 1 nitrogen and oxygen atoms in total. The zero-order valence-corrected chi connectivity index (χ0v) is 11.8. The summed E-state index contributed by atoms with van der Waals surface area (Å²) in [5.74, 6) is 0.215. The van der Waals surface area contributed by atoms with Crippen molar-refractivity contribution in [2.45, 2.75) is 18.8 Å². The Hall–Kier alpha value is -1.31. The summed E-state index contributed by atoms with van der Waals surface area (Å²) >= 11 is 12.1. The predicted molar refractivity (Wildman–Crippen MR) is 80.8 cm³/mol. The molecular weight excluding hydrogens is 277 g/mol. The van der Waals surface area contributed by atoms with E-state index < -0.39 is 0 Å². The van der Waals surface area contributed by atoms with Gasteiger partial charge in [0, 0.05) is 18.1 Å². The number of fused-ring (bicyclic) bond motifs is 1. The number of rotatable bonds is 1. The molecule has 1 aliphatic carbocycles. The molecule has 0 saturated heterocycles. The second-order valence-electron chi connectivity index (χ2n) is 4.91. The molecule has 0 amide bonds. The molecule has 0 heterocycles. The molecule has 1 atom stereocenters. The van der Waals surface area contributed by atoms with E-state index in [9.17, 15) is 0 Å². The van der Waals surface area contributed by atoms with Crippen molar-refractivity contribution >= 4 is 28.9 Å². The monoisotopic (exact) mass is 289 g/mol. The van der Waals surface area contributed by atoms with Crippen LogP contribution in [0.5, 0.6) is 0 Å². The fourth-order valence-corrected chi connectivity index (χ4v) is 3.03. The second-order valence-corrected chi connectivity index (χ2v) is 5.72. The summed E-state index contributed by atoms with van der Waals surface area (Å²) < 4.78 is 0. The van der Waals surface area contributed by atoms with Gasteiger partial charge >= 0.3 is 0 Å². The lowest BCUT2D eigenvalue weighted by atomic mass is 9.78. The molecule has 0 aromatic heterocycles. The topological polar surface area (TPSA) is 23.9 Å². The van der Waals surface area contributed by atoms with Crippen LogP contribution in [-0.4, -0.2) is 5.71 Å². The maximum Gasteiger partial charge on any atom is 0.0595 e. The van der Waals surface area contributed by atoms with Crippen LogP contribution in [-0.2, 0) is 6.42 Å². The van der Waals surface area contributed by atoms with Crippen LogP contribution in [0.15, 0.2) is 42.5 Å². The fraction of sp³-hybridized carbons (Fsp3) is 0.188. The van der Waals surface area contributed by atoms with Gasteiger partial charge in [0.25, 0.3) is 0 Å². The van der Waals surface area contributed by atoms with Gasteiger partial charge in [-0.15, -0.1) is 0 Å². The molecule has 1 unspecified atom stereocenters. The van der Waals surface area contributed by atoms with Gasteiger partial charge < -0.3 is 5.41 Å². The van der Waals surface area contributed by atoms with E-state index in [2.05, 4.69) is 18.2 Å². The van der Waals surface area contributed by atoms with Crippen LogP contribution >= 0.6 is 23.2 Å². The number of hydrogen-bond donors (Lipinski definition) is 1. The molecule has 0 bridgehead atoms. The molecule has 3 rings (SSSR count). The number of halogens is 2. The molecule has 0 spiro atoms. The minimum atomic E-state index is 0.215. The molecule has 1 aliphatic rings. The summed E-state index contributed by atoms with van der Waals surface area (Å²) in [6, 6.07) is 14.1. The molecule has 0 aliphatic heterocycles. The zero-order valence-electron chi connectivity index (χ0n) is 10.3. The van der Waals surface area contributed by atoms with Crippen molar-refractivity contribution in [2.75, 3.05) is 0 Å². The quantitative estimate of drug-likeness (QED) is 0.756. The van der Waals surface area contributed by atoms with Gasteiger partial charge in [-0.3, -0.25) is 0 Å². The first-order chi connectivity index (χ1) is 9.15. The number of nitrogens with one attached hydrogen (secondary N) is 1. The minimum Gasteiger partial charge on any atom is -0.309 e. The van der Waals surface area contributed by atoms with E-state index in [1.165, 1.54) is 11.1 Å². The molecule has 96 valence electrons. The SMILES string of the molecule is N=C1Cc2ccccc2C(c2ccc(Cl)c(Cl)c2)C1. The lowest BCUT2D eigenvalue weighted by Gasteiger charge is -2.26. The van der Waals surface area contributed by atoms with Crippen molar-refractivity contribution in [3.63, 3.8) is 0 Å². The first-order valence-corrected chi connectivity index (χ1v) is 7.00. The van der Waals surface area contributed by atoms with Gasteiger partial charge in [0.2, 0.25) is 0 Å². The highest BCUT2D eigenvalue weighted by Gasteiger charge is 2.24. The summed E-state index contributed by atoms with van der Waals surface area (Å²) in [6.07, 6.45) is 1.52. The van der Waals surface area contributed by atoms with E-state index >= 15 is 0 Å². The molecule has 19 heavy (non-hydrogen) atoms. The predicted octanol–water partition coefficient (Wildman–Crippen LogP) is 5.09. The Morgan fingerprint density at radius 2 is 1.79 bits per heavy atom. The highest BCUT2D eigenvalue weighted by atomic mass is 35.5. The summed E-state index contributed by atoms with van der Waals surface area (Å²) in [5.41, 5.74) is 4.45. The van der Waals surface area contributed by atoms with Crippen molar-refractivity contribution in [3.8, 4) is 0 Å². The molecular formula is C16H13Cl2N. The van der Waals surface area contributed by atoms with Crippen molar-refractivity contribution < 1.29 is 0 Å². The average molecular weight is 290 g/mol.